The number of furan rings is 1. The minimum atomic E-state index is 0.317. The molecule has 2 aromatic heterocycles. The molecule has 5 heteroatoms. The van der Waals surface area contributed by atoms with Gasteiger partial charge in [-0.3, -0.25) is 4.68 Å². The van der Waals surface area contributed by atoms with Crippen molar-refractivity contribution in [3.8, 4) is 22.4 Å². The lowest BCUT2D eigenvalue weighted by molar-refractivity contribution is 0.570. The number of benzene rings is 1. The molecule has 0 saturated heterocycles. The van der Waals surface area contributed by atoms with Crippen LogP contribution >= 0.6 is 11.6 Å². The van der Waals surface area contributed by atoms with Crippen LogP contribution in [0.25, 0.3) is 22.4 Å². The van der Waals surface area contributed by atoms with Gasteiger partial charge in [0.1, 0.15) is 11.5 Å². The molecule has 1 aromatic carbocycles. The Morgan fingerprint density at radius 3 is 2.75 bits per heavy atom. The van der Waals surface area contributed by atoms with Crippen LogP contribution < -0.4 is 5.73 Å². The van der Waals surface area contributed by atoms with Crippen LogP contribution in [0.4, 0.5) is 5.82 Å². The zero-order chi connectivity index (χ0) is 14.3. The fourth-order valence-corrected chi connectivity index (χ4v) is 2.48. The zero-order valence-electron chi connectivity index (χ0n) is 11.2. The van der Waals surface area contributed by atoms with Gasteiger partial charge in [-0.05, 0) is 30.2 Å². The molecule has 0 saturated carbocycles. The van der Waals surface area contributed by atoms with E-state index in [1.807, 2.05) is 32.2 Å². The van der Waals surface area contributed by atoms with Gasteiger partial charge in [0.05, 0.1) is 17.4 Å². The van der Waals surface area contributed by atoms with E-state index in [1.54, 1.807) is 17.0 Å². The second-order valence-corrected chi connectivity index (χ2v) is 5.05. The summed E-state index contributed by atoms with van der Waals surface area (Å²) in [5.74, 6) is 0.600. The number of aryl methyl sites for hydroxylation is 2. The second-order valence-electron chi connectivity index (χ2n) is 4.71. The van der Waals surface area contributed by atoms with Gasteiger partial charge in [0, 0.05) is 7.05 Å². The van der Waals surface area contributed by atoms with E-state index in [4.69, 9.17) is 21.8 Å². The van der Waals surface area contributed by atoms with E-state index in [2.05, 4.69) is 11.2 Å². The van der Waals surface area contributed by atoms with Crippen LogP contribution in [-0.4, -0.2) is 9.78 Å². The number of anilines is 1. The van der Waals surface area contributed by atoms with E-state index in [1.165, 1.54) is 0 Å². The largest absolute Gasteiger partial charge is 0.452 e. The summed E-state index contributed by atoms with van der Waals surface area (Å²) in [6.07, 6.45) is 1.54. The third kappa shape index (κ3) is 1.98. The molecule has 0 radical (unpaired) electrons. The van der Waals surface area contributed by atoms with Gasteiger partial charge in [-0.25, -0.2) is 0 Å². The van der Waals surface area contributed by atoms with E-state index < -0.39 is 0 Å². The molecule has 3 rings (SSSR count). The van der Waals surface area contributed by atoms with E-state index in [-0.39, 0.29) is 0 Å². The quantitative estimate of drug-likeness (QED) is 0.778. The van der Waals surface area contributed by atoms with Crippen LogP contribution in [0, 0.1) is 6.92 Å². The van der Waals surface area contributed by atoms with Crippen LogP contribution in [0.1, 0.15) is 5.56 Å². The van der Waals surface area contributed by atoms with Crippen molar-refractivity contribution in [2.24, 2.45) is 7.05 Å². The highest BCUT2D eigenvalue weighted by Crippen LogP contribution is 2.39. The Hall–Kier alpha value is -2.20. The lowest BCUT2D eigenvalue weighted by Gasteiger charge is -2.04. The molecule has 0 fully saturated rings. The monoisotopic (exact) mass is 287 g/mol. The summed E-state index contributed by atoms with van der Waals surface area (Å²) in [6.45, 7) is 2.04. The van der Waals surface area contributed by atoms with Crippen LogP contribution in [0.5, 0.6) is 0 Å². The van der Waals surface area contributed by atoms with Crippen molar-refractivity contribution in [3.63, 3.8) is 0 Å². The molecular weight excluding hydrogens is 274 g/mol. The summed E-state index contributed by atoms with van der Waals surface area (Å²) in [6, 6.07) is 9.92. The Morgan fingerprint density at radius 1 is 1.30 bits per heavy atom. The molecule has 102 valence electrons. The van der Waals surface area contributed by atoms with Crippen LogP contribution in [-0.2, 0) is 7.05 Å². The molecule has 0 atom stereocenters. The molecule has 4 nitrogen and oxygen atoms in total. The highest BCUT2D eigenvalue weighted by Gasteiger charge is 2.20. The maximum atomic E-state index is 6.17. The van der Waals surface area contributed by atoms with Gasteiger partial charge in [0.15, 0.2) is 0 Å². The summed E-state index contributed by atoms with van der Waals surface area (Å²) in [7, 11) is 1.81. The first-order valence-corrected chi connectivity index (χ1v) is 6.58. The van der Waals surface area contributed by atoms with Gasteiger partial charge in [-0.2, -0.15) is 5.10 Å². The number of nitrogen functional groups attached to an aromatic ring is 1. The maximum Gasteiger partial charge on any atom is 0.202 e. The predicted octanol–water partition coefficient (Wildman–Crippen LogP) is 3.89. The Labute approximate surface area is 121 Å². The molecule has 0 spiro atoms. The predicted molar refractivity (Wildman–Crippen MR) is 80.5 cm³/mol. The average molecular weight is 288 g/mol. The van der Waals surface area contributed by atoms with Crippen molar-refractivity contribution in [1.82, 2.24) is 9.78 Å². The Morgan fingerprint density at radius 2 is 2.10 bits per heavy atom. The minimum absolute atomic E-state index is 0.317. The standard InChI is InChI=1S/C15H14ClN3O/c1-9-4-3-5-10(8-9)12-13(18-19(2)15(12)17)11-6-7-20-14(11)16/h3-8H,17H2,1-2H3. The van der Waals surface area contributed by atoms with E-state index in [0.717, 1.165) is 27.9 Å². The summed E-state index contributed by atoms with van der Waals surface area (Å²) >= 11 is 6.07. The fourth-order valence-electron chi connectivity index (χ4n) is 2.27. The Balaban J connectivity index is 2.28. The highest BCUT2D eigenvalue weighted by molar-refractivity contribution is 6.31. The highest BCUT2D eigenvalue weighted by atomic mass is 35.5. The van der Waals surface area contributed by atoms with Gasteiger partial charge in [-0.1, -0.05) is 29.8 Å². The number of rotatable bonds is 2. The summed E-state index contributed by atoms with van der Waals surface area (Å²) in [4.78, 5) is 0. The van der Waals surface area contributed by atoms with Crippen molar-refractivity contribution >= 4 is 17.4 Å². The topological polar surface area (TPSA) is 57.0 Å². The average Bonchev–Trinajstić information content (AvgIpc) is 2.94. The normalized spacial score (nSPS) is 10.9. The summed E-state index contributed by atoms with van der Waals surface area (Å²) in [5.41, 5.74) is 10.7. The number of aromatic nitrogens is 2. The van der Waals surface area contributed by atoms with Crippen LogP contribution in [0.3, 0.4) is 0 Å². The smallest absolute Gasteiger partial charge is 0.202 e. The SMILES string of the molecule is Cc1cccc(-c2c(-c3ccoc3Cl)nn(C)c2N)c1. The zero-order valence-corrected chi connectivity index (χ0v) is 12.0. The molecular formula is C15H14ClN3O. The van der Waals surface area contributed by atoms with Crippen molar-refractivity contribution < 1.29 is 4.42 Å². The molecule has 2 N–H and O–H groups in total. The van der Waals surface area contributed by atoms with Gasteiger partial charge in [0.2, 0.25) is 5.22 Å². The van der Waals surface area contributed by atoms with Crippen molar-refractivity contribution in [2.75, 3.05) is 5.73 Å². The lowest BCUT2D eigenvalue weighted by atomic mass is 10.0. The number of hydrogen-bond donors (Lipinski definition) is 1. The minimum Gasteiger partial charge on any atom is -0.452 e. The third-order valence-electron chi connectivity index (χ3n) is 3.27. The maximum absolute atomic E-state index is 6.17. The van der Waals surface area contributed by atoms with E-state index >= 15 is 0 Å². The lowest BCUT2D eigenvalue weighted by Crippen LogP contribution is -1.98. The second kappa shape index (κ2) is 4.72. The molecule has 0 unspecified atom stereocenters. The molecule has 20 heavy (non-hydrogen) atoms. The number of nitrogens with zero attached hydrogens (tertiary/aromatic N) is 2. The number of nitrogens with two attached hydrogens (primary N) is 1. The van der Waals surface area contributed by atoms with Crippen LogP contribution in [0.15, 0.2) is 41.0 Å². The van der Waals surface area contributed by atoms with Gasteiger partial charge in [-0.15, -0.1) is 0 Å². The van der Waals surface area contributed by atoms with Gasteiger partial charge in [0.25, 0.3) is 0 Å². The van der Waals surface area contributed by atoms with Crippen molar-refractivity contribution in [1.29, 1.82) is 0 Å². The van der Waals surface area contributed by atoms with Crippen molar-refractivity contribution in [3.05, 3.63) is 47.4 Å². The Kier molecular flexibility index (Phi) is 3.03. The van der Waals surface area contributed by atoms with Gasteiger partial charge >= 0.3 is 0 Å². The van der Waals surface area contributed by atoms with E-state index in [9.17, 15) is 0 Å². The molecule has 0 aliphatic heterocycles. The summed E-state index contributed by atoms with van der Waals surface area (Å²) < 4.78 is 6.81. The van der Waals surface area contributed by atoms with Crippen LogP contribution in [0.2, 0.25) is 5.22 Å². The fraction of sp³-hybridized carbons (Fsp3) is 0.133. The molecule has 0 amide bonds. The first-order valence-electron chi connectivity index (χ1n) is 6.21. The molecule has 3 aromatic rings. The molecule has 2 heterocycles. The Bertz CT molecular complexity index is 773. The molecule has 0 aliphatic carbocycles. The number of halogens is 1. The summed E-state index contributed by atoms with van der Waals surface area (Å²) in [5, 5.41) is 4.78. The molecule has 0 aliphatic rings. The first kappa shape index (κ1) is 12.8. The van der Waals surface area contributed by atoms with E-state index in [0.29, 0.717) is 11.0 Å². The van der Waals surface area contributed by atoms with Crippen molar-refractivity contribution in [2.45, 2.75) is 6.92 Å². The first-order chi connectivity index (χ1) is 9.58. The third-order valence-corrected chi connectivity index (χ3v) is 3.56. The number of hydrogen-bond acceptors (Lipinski definition) is 3. The molecule has 0 bridgehead atoms. The van der Waals surface area contributed by atoms with Gasteiger partial charge < -0.3 is 10.2 Å².